The molecule has 0 radical (unpaired) electrons. The summed E-state index contributed by atoms with van der Waals surface area (Å²) in [6.07, 6.45) is 0. The summed E-state index contributed by atoms with van der Waals surface area (Å²) in [5.41, 5.74) is 4.46. The smallest absolute Gasteiger partial charge is 0.352 e. The molecule has 0 fully saturated rings. The molecule has 0 saturated heterocycles. The van der Waals surface area contributed by atoms with Crippen LogP contribution in [0.3, 0.4) is 0 Å². The summed E-state index contributed by atoms with van der Waals surface area (Å²) < 4.78 is 16.1. The van der Waals surface area contributed by atoms with Gasteiger partial charge in [0.15, 0.2) is 0 Å². The number of hydrogen-bond donors (Lipinski definition) is 2. The van der Waals surface area contributed by atoms with Crippen LogP contribution in [0.25, 0.3) is 10.9 Å². The molecule has 0 aliphatic heterocycles. The molecule has 32 heavy (non-hydrogen) atoms. The van der Waals surface area contributed by atoms with Gasteiger partial charge in [-0.1, -0.05) is 67.6 Å². The fourth-order valence-electron chi connectivity index (χ4n) is 4.23. The Hall–Kier alpha value is -3.44. The lowest BCUT2D eigenvalue weighted by Gasteiger charge is -2.14. The lowest BCUT2D eigenvalue weighted by molar-refractivity contribution is 0.0684. The first-order valence-electron chi connectivity index (χ1n) is 10.8. The zero-order chi connectivity index (χ0) is 22.7. The topological polar surface area (TPSA) is 54.3 Å². The molecular weight excluding hydrogens is 403 g/mol. The number of carboxylic acids is 1. The van der Waals surface area contributed by atoms with Gasteiger partial charge < -0.3 is 15.0 Å². The highest BCUT2D eigenvalue weighted by molar-refractivity contribution is 5.98. The zero-order valence-electron chi connectivity index (χ0n) is 18.3. The van der Waals surface area contributed by atoms with Gasteiger partial charge in [-0.05, 0) is 36.1 Å². The fourth-order valence-corrected chi connectivity index (χ4v) is 4.23. The van der Waals surface area contributed by atoms with Crippen LogP contribution in [-0.4, -0.2) is 22.2 Å². The second-order valence-corrected chi connectivity index (χ2v) is 8.27. The Labute approximate surface area is 187 Å². The Morgan fingerprint density at radius 2 is 1.78 bits per heavy atom. The second-order valence-electron chi connectivity index (χ2n) is 8.27. The third-order valence-electron chi connectivity index (χ3n) is 5.93. The van der Waals surface area contributed by atoms with Crippen LogP contribution in [-0.2, 0) is 13.1 Å². The summed E-state index contributed by atoms with van der Waals surface area (Å²) in [5, 5.41) is 14.4. The highest BCUT2D eigenvalue weighted by atomic mass is 19.1. The van der Waals surface area contributed by atoms with Crippen LogP contribution in [0.15, 0.2) is 72.8 Å². The molecule has 0 aliphatic rings. The van der Waals surface area contributed by atoms with Crippen molar-refractivity contribution >= 4 is 16.9 Å². The van der Waals surface area contributed by atoms with E-state index < -0.39 is 5.97 Å². The maximum Gasteiger partial charge on any atom is 0.352 e. The Bertz CT molecular complexity index is 1250. The van der Waals surface area contributed by atoms with Crippen LogP contribution < -0.4 is 5.32 Å². The van der Waals surface area contributed by atoms with Gasteiger partial charge in [0, 0.05) is 35.1 Å². The van der Waals surface area contributed by atoms with Crippen LogP contribution in [0.1, 0.15) is 45.6 Å². The van der Waals surface area contributed by atoms with Crippen molar-refractivity contribution in [3.63, 3.8) is 0 Å². The normalized spacial score (nSPS) is 12.2. The Balaban J connectivity index is 1.69. The summed E-state index contributed by atoms with van der Waals surface area (Å²) in [5.74, 6) is -1.06. The van der Waals surface area contributed by atoms with E-state index in [2.05, 4.69) is 24.4 Å². The first-order valence-corrected chi connectivity index (χ1v) is 10.8. The van der Waals surface area contributed by atoms with Crippen molar-refractivity contribution in [3.8, 4) is 0 Å². The molecule has 1 aromatic heterocycles. The SMILES string of the molecule is Cc1ccc2c(CNC[C@H](C)c3ccccc3)c(C(=O)O)n(Cc3ccccc3F)c2c1. The quantitative estimate of drug-likeness (QED) is 0.375. The molecule has 4 nitrogen and oxygen atoms in total. The van der Waals surface area contributed by atoms with Crippen molar-refractivity contribution < 1.29 is 14.3 Å². The Kier molecular flexibility index (Phi) is 6.37. The molecular formula is C27H27FN2O2. The van der Waals surface area contributed by atoms with Crippen molar-refractivity contribution in [1.82, 2.24) is 9.88 Å². The van der Waals surface area contributed by atoms with Crippen LogP contribution in [0.4, 0.5) is 4.39 Å². The highest BCUT2D eigenvalue weighted by Crippen LogP contribution is 2.29. The number of nitrogens with zero attached hydrogens (tertiary/aromatic N) is 1. The number of benzene rings is 3. The van der Waals surface area contributed by atoms with E-state index in [0.29, 0.717) is 18.0 Å². The third kappa shape index (κ3) is 4.43. The summed E-state index contributed by atoms with van der Waals surface area (Å²) >= 11 is 0. The molecule has 4 rings (SSSR count). The number of rotatable bonds is 8. The van der Waals surface area contributed by atoms with E-state index in [-0.39, 0.29) is 18.1 Å². The summed E-state index contributed by atoms with van der Waals surface area (Å²) in [6, 6.07) is 22.7. The van der Waals surface area contributed by atoms with Gasteiger partial charge in [0.1, 0.15) is 11.5 Å². The van der Waals surface area contributed by atoms with E-state index >= 15 is 0 Å². The van der Waals surface area contributed by atoms with Crippen molar-refractivity contribution in [2.45, 2.75) is 32.9 Å². The van der Waals surface area contributed by atoms with Gasteiger partial charge >= 0.3 is 5.97 Å². The van der Waals surface area contributed by atoms with Gasteiger partial charge in [-0.3, -0.25) is 0 Å². The molecule has 0 amide bonds. The molecule has 1 atom stereocenters. The summed E-state index contributed by atoms with van der Waals surface area (Å²) in [6.45, 7) is 5.41. The fraction of sp³-hybridized carbons (Fsp3) is 0.222. The van der Waals surface area contributed by atoms with Crippen LogP contribution in [0.5, 0.6) is 0 Å². The standard InChI is InChI=1S/C27H27FN2O2/c1-18-12-13-22-23(16-29-15-19(2)20-8-4-3-5-9-20)26(27(31)32)30(25(22)14-18)17-21-10-6-7-11-24(21)28/h3-14,19,29H,15-17H2,1-2H3,(H,31,32)/t19-/m0/s1. The average Bonchev–Trinajstić information content (AvgIpc) is 3.08. The number of aryl methyl sites for hydroxylation is 1. The number of fused-ring (bicyclic) bond motifs is 1. The van der Waals surface area contributed by atoms with E-state index in [1.54, 1.807) is 22.8 Å². The maximum atomic E-state index is 14.4. The molecule has 2 N–H and O–H groups in total. The average molecular weight is 431 g/mol. The lowest BCUT2D eigenvalue weighted by atomic mass is 10.0. The minimum atomic E-state index is -1.01. The number of aromatic nitrogens is 1. The van der Waals surface area contributed by atoms with Crippen molar-refractivity contribution in [2.24, 2.45) is 0 Å². The predicted molar refractivity (Wildman–Crippen MR) is 126 cm³/mol. The van der Waals surface area contributed by atoms with Gasteiger partial charge in [-0.15, -0.1) is 0 Å². The van der Waals surface area contributed by atoms with Gasteiger partial charge in [-0.2, -0.15) is 0 Å². The molecule has 164 valence electrons. The highest BCUT2D eigenvalue weighted by Gasteiger charge is 2.23. The molecule has 1 heterocycles. The molecule has 0 unspecified atom stereocenters. The van der Waals surface area contributed by atoms with Crippen LogP contribution in [0, 0.1) is 12.7 Å². The van der Waals surface area contributed by atoms with Crippen molar-refractivity contribution in [2.75, 3.05) is 6.54 Å². The largest absolute Gasteiger partial charge is 0.477 e. The van der Waals surface area contributed by atoms with E-state index in [0.717, 1.165) is 28.6 Å². The predicted octanol–water partition coefficient (Wildman–Crippen LogP) is 5.73. The Morgan fingerprint density at radius 1 is 1.06 bits per heavy atom. The minimum absolute atomic E-state index is 0.161. The monoisotopic (exact) mass is 430 g/mol. The number of halogens is 1. The third-order valence-corrected chi connectivity index (χ3v) is 5.93. The van der Waals surface area contributed by atoms with E-state index in [4.69, 9.17) is 0 Å². The second kappa shape index (κ2) is 9.37. The summed E-state index contributed by atoms with van der Waals surface area (Å²) in [4.78, 5) is 12.3. The van der Waals surface area contributed by atoms with Gasteiger partial charge in [0.2, 0.25) is 0 Å². The van der Waals surface area contributed by atoms with Gasteiger partial charge in [-0.25, -0.2) is 9.18 Å². The Morgan fingerprint density at radius 3 is 2.50 bits per heavy atom. The first kappa shape index (κ1) is 21.8. The van der Waals surface area contributed by atoms with Crippen molar-refractivity contribution in [1.29, 1.82) is 0 Å². The number of carboxylic acid groups (broad SMARTS) is 1. The minimum Gasteiger partial charge on any atom is -0.477 e. The molecule has 0 spiro atoms. The van der Waals surface area contributed by atoms with Crippen LogP contribution in [0.2, 0.25) is 0 Å². The lowest BCUT2D eigenvalue weighted by Crippen LogP contribution is -2.21. The van der Waals surface area contributed by atoms with E-state index in [1.807, 2.05) is 43.3 Å². The molecule has 0 aliphatic carbocycles. The van der Waals surface area contributed by atoms with E-state index in [9.17, 15) is 14.3 Å². The van der Waals surface area contributed by atoms with E-state index in [1.165, 1.54) is 11.6 Å². The number of carbonyl (C=O) groups is 1. The van der Waals surface area contributed by atoms with Crippen LogP contribution >= 0.6 is 0 Å². The molecule has 0 bridgehead atoms. The number of hydrogen-bond acceptors (Lipinski definition) is 2. The number of aromatic carboxylic acids is 1. The van der Waals surface area contributed by atoms with Crippen molar-refractivity contribution in [3.05, 3.63) is 107 Å². The molecule has 4 aromatic rings. The summed E-state index contributed by atoms with van der Waals surface area (Å²) in [7, 11) is 0. The van der Waals surface area contributed by atoms with Gasteiger partial charge in [0.05, 0.1) is 6.54 Å². The maximum absolute atomic E-state index is 14.4. The van der Waals surface area contributed by atoms with Gasteiger partial charge in [0.25, 0.3) is 0 Å². The molecule has 5 heteroatoms. The first-order chi connectivity index (χ1) is 15.5. The molecule has 3 aromatic carbocycles. The number of nitrogens with one attached hydrogen (secondary N) is 1. The zero-order valence-corrected chi connectivity index (χ0v) is 18.3. The molecule has 0 saturated carbocycles.